The number of amides is 2. The summed E-state index contributed by atoms with van der Waals surface area (Å²) >= 11 is 0. The molecule has 0 spiro atoms. The Kier molecular flexibility index (Phi) is 5.80. The second-order valence-corrected chi connectivity index (χ2v) is 5.45. The van der Waals surface area contributed by atoms with Gasteiger partial charge in [0.25, 0.3) is 0 Å². The van der Waals surface area contributed by atoms with E-state index >= 15 is 0 Å². The van der Waals surface area contributed by atoms with E-state index in [4.69, 9.17) is 15.1 Å². The molecule has 1 fully saturated rings. The molecule has 0 bridgehead atoms. The Hall–Kier alpha value is -2.75. The first-order chi connectivity index (χ1) is 11.1. The minimum absolute atomic E-state index is 0.170. The number of carboxylic acid groups (broad SMARTS) is 1. The van der Waals surface area contributed by atoms with Crippen LogP contribution in [0.4, 0.5) is 9.59 Å². The molecule has 2 N–H and O–H groups in total. The number of carbonyl (C=O) groups excluding carboxylic acids is 1. The molecule has 1 aliphatic rings. The summed E-state index contributed by atoms with van der Waals surface area (Å²) in [5, 5.41) is 20.7. The number of hydrogen-bond acceptors (Lipinski definition) is 4. The Balaban J connectivity index is 1.86. The molecule has 2 amide bonds. The van der Waals surface area contributed by atoms with Gasteiger partial charge in [0.15, 0.2) is 0 Å². The van der Waals surface area contributed by atoms with Crippen LogP contribution < -0.4 is 5.32 Å². The van der Waals surface area contributed by atoms with E-state index in [9.17, 15) is 9.59 Å². The SMILES string of the molecule is N#CC[C@H]1CN(C(=O)O)CC[C@H]1NC(=O)OCc1ccccc1. The number of likely N-dealkylation sites (tertiary alicyclic amines) is 1. The number of nitrogens with zero attached hydrogens (tertiary/aromatic N) is 2. The number of ether oxygens (including phenoxy) is 1. The Morgan fingerprint density at radius 2 is 2.13 bits per heavy atom. The molecule has 2 rings (SSSR count). The van der Waals surface area contributed by atoms with Crippen LogP contribution in [0.2, 0.25) is 0 Å². The Morgan fingerprint density at radius 3 is 2.78 bits per heavy atom. The van der Waals surface area contributed by atoms with Crippen LogP contribution >= 0.6 is 0 Å². The van der Waals surface area contributed by atoms with Gasteiger partial charge in [-0.2, -0.15) is 5.26 Å². The topological polar surface area (TPSA) is 103 Å². The van der Waals surface area contributed by atoms with Gasteiger partial charge in [0.1, 0.15) is 6.61 Å². The van der Waals surface area contributed by atoms with Crippen molar-refractivity contribution in [3.05, 3.63) is 35.9 Å². The number of piperidine rings is 1. The van der Waals surface area contributed by atoms with Crippen molar-refractivity contribution in [2.45, 2.75) is 25.5 Å². The molecule has 0 aromatic heterocycles. The van der Waals surface area contributed by atoms with Gasteiger partial charge < -0.3 is 20.1 Å². The first kappa shape index (κ1) is 16.6. The third-order valence-electron chi connectivity index (χ3n) is 3.87. The monoisotopic (exact) mass is 317 g/mol. The highest BCUT2D eigenvalue weighted by Crippen LogP contribution is 2.20. The van der Waals surface area contributed by atoms with E-state index in [1.54, 1.807) is 0 Å². The van der Waals surface area contributed by atoms with Gasteiger partial charge in [0.2, 0.25) is 0 Å². The number of nitriles is 1. The molecule has 1 aromatic carbocycles. The molecular weight excluding hydrogens is 298 g/mol. The first-order valence-electron chi connectivity index (χ1n) is 7.42. The molecule has 1 aromatic rings. The molecule has 2 atom stereocenters. The van der Waals surface area contributed by atoms with Crippen molar-refractivity contribution >= 4 is 12.2 Å². The highest BCUT2D eigenvalue weighted by molar-refractivity contribution is 5.68. The fraction of sp³-hybridized carbons (Fsp3) is 0.438. The van der Waals surface area contributed by atoms with E-state index in [1.165, 1.54) is 4.90 Å². The van der Waals surface area contributed by atoms with Crippen molar-refractivity contribution in [3.8, 4) is 6.07 Å². The summed E-state index contributed by atoms with van der Waals surface area (Å²) in [6, 6.07) is 11.1. The van der Waals surface area contributed by atoms with Crippen LogP contribution in [0.3, 0.4) is 0 Å². The Labute approximate surface area is 134 Å². The lowest BCUT2D eigenvalue weighted by atomic mass is 9.90. The number of nitrogens with one attached hydrogen (secondary N) is 1. The average Bonchev–Trinajstić information content (AvgIpc) is 2.55. The zero-order valence-electron chi connectivity index (χ0n) is 12.6. The lowest BCUT2D eigenvalue weighted by molar-refractivity contribution is 0.0972. The van der Waals surface area contributed by atoms with Crippen LogP contribution in [0.5, 0.6) is 0 Å². The van der Waals surface area contributed by atoms with Crippen LogP contribution in [0.15, 0.2) is 30.3 Å². The minimum atomic E-state index is -1.00. The maximum atomic E-state index is 11.9. The van der Waals surface area contributed by atoms with E-state index in [2.05, 4.69) is 5.32 Å². The number of hydrogen-bond donors (Lipinski definition) is 2. The molecule has 1 heterocycles. The van der Waals surface area contributed by atoms with Gasteiger partial charge in [-0.05, 0) is 12.0 Å². The van der Waals surface area contributed by atoms with Gasteiger partial charge in [-0.15, -0.1) is 0 Å². The summed E-state index contributed by atoms with van der Waals surface area (Å²) < 4.78 is 5.17. The molecule has 7 heteroatoms. The molecule has 0 unspecified atom stereocenters. The molecule has 23 heavy (non-hydrogen) atoms. The second kappa shape index (κ2) is 8.03. The minimum Gasteiger partial charge on any atom is -0.465 e. The third kappa shape index (κ3) is 4.88. The number of rotatable bonds is 4. The van der Waals surface area contributed by atoms with E-state index in [-0.39, 0.29) is 31.5 Å². The smallest absolute Gasteiger partial charge is 0.407 e. The highest BCUT2D eigenvalue weighted by Gasteiger charge is 2.32. The van der Waals surface area contributed by atoms with Crippen LogP contribution in [0.1, 0.15) is 18.4 Å². The number of carbonyl (C=O) groups is 2. The normalized spacial score (nSPS) is 20.4. The zero-order valence-corrected chi connectivity index (χ0v) is 12.6. The molecule has 0 aliphatic carbocycles. The number of benzene rings is 1. The molecule has 7 nitrogen and oxygen atoms in total. The summed E-state index contributed by atoms with van der Waals surface area (Å²) in [7, 11) is 0. The summed E-state index contributed by atoms with van der Waals surface area (Å²) in [6.45, 7) is 0.747. The van der Waals surface area contributed by atoms with Crippen molar-refractivity contribution in [2.75, 3.05) is 13.1 Å². The van der Waals surface area contributed by atoms with Gasteiger partial charge in [-0.1, -0.05) is 30.3 Å². The fourth-order valence-corrected chi connectivity index (χ4v) is 2.64. The van der Waals surface area contributed by atoms with E-state index in [0.717, 1.165) is 5.56 Å². The standard InChI is InChI=1S/C16H19N3O4/c17-8-6-13-10-19(16(21)22)9-7-14(13)18-15(20)23-11-12-4-2-1-3-5-12/h1-5,13-14H,6-7,9-11H2,(H,18,20)(H,21,22)/t13-,14+/m0/s1. The van der Waals surface area contributed by atoms with Gasteiger partial charge in [-0.25, -0.2) is 9.59 Å². The third-order valence-corrected chi connectivity index (χ3v) is 3.87. The van der Waals surface area contributed by atoms with Crippen molar-refractivity contribution < 1.29 is 19.4 Å². The van der Waals surface area contributed by atoms with E-state index in [1.807, 2.05) is 36.4 Å². The van der Waals surface area contributed by atoms with Gasteiger partial charge >= 0.3 is 12.2 Å². The molecule has 0 radical (unpaired) electrons. The van der Waals surface area contributed by atoms with Gasteiger partial charge in [-0.3, -0.25) is 0 Å². The zero-order chi connectivity index (χ0) is 16.7. The number of alkyl carbamates (subject to hydrolysis) is 1. The van der Waals surface area contributed by atoms with Crippen molar-refractivity contribution in [1.29, 1.82) is 5.26 Å². The highest BCUT2D eigenvalue weighted by atomic mass is 16.5. The summed E-state index contributed by atoms with van der Waals surface area (Å²) in [5.74, 6) is -0.228. The maximum absolute atomic E-state index is 11.9. The van der Waals surface area contributed by atoms with E-state index in [0.29, 0.717) is 13.0 Å². The predicted molar refractivity (Wildman–Crippen MR) is 81.5 cm³/mol. The second-order valence-electron chi connectivity index (χ2n) is 5.45. The fourth-order valence-electron chi connectivity index (χ4n) is 2.64. The average molecular weight is 317 g/mol. The van der Waals surface area contributed by atoms with Crippen LogP contribution in [-0.2, 0) is 11.3 Å². The molecular formula is C16H19N3O4. The largest absolute Gasteiger partial charge is 0.465 e. The van der Waals surface area contributed by atoms with Crippen molar-refractivity contribution in [1.82, 2.24) is 10.2 Å². The summed E-state index contributed by atoms with van der Waals surface area (Å²) in [4.78, 5) is 24.2. The molecule has 0 saturated carbocycles. The molecule has 122 valence electrons. The van der Waals surface area contributed by atoms with E-state index < -0.39 is 12.2 Å². The predicted octanol–water partition coefficient (Wildman–Crippen LogP) is 2.19. The molecule has 1 saturated heterocycles. The maximum Gasteiger partial charge on any atom is 0.407 e. The Bertz CT molecular complexity index is 585. The summed E-state index contributed by atoms with van der Waals surface area (Å²) in [5.41, 5.74) is 0.886. The molecule has 1 aliphatic heterocycles. The quantitative estimate of drug-likeness (QED) is 0.886. The lowest BCUT2D eigenvalue weighted by Gasteiger charge is -2.36. The van der Waals surface area contributed by atoms with Crippen molar-refractivity contribution in [2.24, 2.45) is 5.92 Å². The van der Waals surface area contributed by atoms with Crippen LogP contribution in [0.25, 0.3) is 0 Å². The van der Waals surface area contributed by atoms with Gasteiger partial charge in [0, 0.05) is 31.5 Å². The van der Waals surface area contributed by atoms with Crippen LogP contribution in [0, 0.1) is 17.2 Å². The summed E-state index contributed by atoms with van der Waals surface area (Å²) in [6.07, 6.45) is -0.893. The lowest BCUT2D eigenvalue weighted by Crippen LogP contribution is -2.52. The first-order valence-corrected chi connectivity index (χ1v) is 7.42. The van der Waals surface area contributed by atoms with Crippen LogP contribution in [-0.4, -0.2) is 41.3 Å². The van der Waals surface area contributed by atoms with Crippen molar-refractivity contribution in [3.63, 3.8) is 0 Å². The van der Waals surface area contributed by atoms with Gasteiger partial charge in [0.05, 0.1) is 6.07 Å². The Morgan fingerprint density at radius 1 is 1.39 bits per heavy atom.